The molecule has 1 rings (SSSR count). The first-order valence-electron chi connectivity index (χ1n) is 4.50. The van der Waals surface area contributed by atoms with Gasteiger partial charge in [-0.3, -0.25) is 4.90 Å². The molecule has 1 heterocycles. The number of morpholine rings is 1. The van der Waals surface area contributed by atoms with Gasteiger partial charge in [0.25, 0.3) is 0 Å². The Morgan fingerprint density at radius 3 is 2.67 bits per heavy atom. The van der Waals surface area contributed by atoms with Crippen molar-refractivity contribution in [3.63, 3.8) is 0 Å². The van der Waals surface area contributed by atoms with E-state index in [9.17, 15) is 0 Å². The molecule has 1 aliphatic heterocycles. The van der Waals surface area contributed by atoms with Crippen molar-refractivity contribution in [1.82, 2.24) is 10.2 Å². The molecule has 3 nitrogen and oxygen atoms in total. The predicted molar refractivity (Wildman–Crippen MR) is 59.0 cm³/mol. The minimum Gasteiger partial charge on any atom is -0.379 e. The van der Waals surface area contributed by atoms with Crippen LogP contribution in [0.3, 0.4) is 0 Å². The molecule has 0 unspecified atom stereocenters. The van der Waals surface area contributed by atoms with Gasteiger partial charge in [-0.2, -0.15) is 0 Å². The van der Waals surface area contributed by atoms with E-state index in [2.05, 4.69) is 32.8 Å². The Morgan fingerprint density at radius 1 is 1.25 bits per heavy atom. The van der Waals surface area contributed by atoms with E-state index in [1.807, 2.05) is 0 Å². The molecule has 0 aliphatic carbocycles. The Balaban J connectivity index is 1.91. The van der Waals surface area contributed by atoms with Crippen molar-refractivity contribution in [3.8, 4) is 0 Å². The molecule has 1 fully saturated rings. The second kappa shape index (κ2) is 7.06. The standard InChI is InChI=1S/C8H17IN2O/c9-1-2-10-3-4-11-5-7-12-8-6-11/h10H,1-8H2. The molecule has 0 radical (unpaired) electrons. The third-order valence-electron chi connectivity index (χ3n) is 1.98. The average Bonchev–Trinajstić information content (AvgIpc) is 2.14. The van der Waals surface area contributed by atoms with Gasteiger partial charge in [-0.1, -0.05) is 22.6 Å². The highest BCUT2D eigenvalue weighted by Gasteiger charge is 2.08. The maximum absolute atomic E-state index is 5.26. The molecule has 0 aromatic carbocycles. The third kappa shape index (κ3) is 4.59. The fourth-order valence-electron chi connectivity index (χ4n) is 1.25. The smallest absolute Gasteiger partial charge is 0.0594 e. The van der Waals surface area contributed by atoms with Gasteiger partial charge in [-0.15, -0.1) is 0 Å². The van der Waals surface area contributed by atoms with E-state index < -0.39 is 0 Å². The van der Waals surface area contributed by atoms with Crippen LogP contribution in [-0.2, 0) is 4.74 Å². The van der Waals surface area contributed by atoms with Crippen LogP contribution in [0.4, 0.5) is 0 Å². The van der Waals surface area contributed by atoms with E-state index in [0.29, 0.717) is 0 Å². The van der Waals surface area contributed by atoms with Crippen LogP contribution in [0.5, 0.6) is 0 Å². The predicted octanol–water partition coefficient (Wildman–Crippen LogP) is 0.343. The van der Waals surface area contributed by atoms with Gasteiger partial charge in [0.2, 0.25) is 0 Å². The molecule has 1 aliphatic rings. The number of halogens is 1. The van der Waals surface area contributed by atoms with Gasteiger partial charge in [0.1, 0.15) is 0 Å². The van der Waals surface area contributed by atoms with Gasteiger partial charge in [-0.05, 0) is 0 Å². The lowest BCUT2D eigenvalue weighted by atomic mass is 10.4. The Hall–Kier alpha value is 0.610. The van der Waals surface area contributed by atoms with Gasteiger partial charge in [0.15, 0.2) is 0 Å². The summed E-state index contributed by atoms with van der Waals surface area (Å²) in [5.41, 5.74) is 0. The number of ether oxygens (including phenoxy) is 1. The molecule has 4 heteroatoms. The van der Waals surface area contributed by atoms with Crippen LogP contribution in [0.25, 0.3) is 0 Å². The van der Waals surface area contributed by atoms with E-state index >= 15 is 0 Å². The number of hydrogen-bond donors (Lipinski definition) is 1. The number of alkyl halides is 1. The number of hydrogen-bond acceptors (Lipinski definition) is 3. The minimum absolute atomic E-state index is 0.909. The summed E-state index contributed by atoms with van der Waals surface area (Å²) in [5, 5.41) is 3.39. The Morgan fingerprint density at radius 2 is 2.00 bits per heavy atom. The Kier molecular flexibility index (Phi) is 6.29. The molecule has 0 bridgehead atoms. The number of rotatable bonds is 5. The topological polar surface area (TPSA) is 24.5 Å². The van der Waals surface area contributed by atoms with Crippen LogP contribution in [-0.4, -0.2) is 55.3 Å². The molecule has 0 saturated carbocycles. The summed E-state index contributed by atoms with van der Waals surface area (Å²) in [6.07, 6.45) is 0. The third-order valence-corrected chi connectivity index (χ3v) is 2.52. The second-order valence-electron chi connectivity index (χ2n) is 2.89. The molecule has 1 N–H and O–H groups in total. The van der Waals surface area contributed by atoms with Crippen molar-refractivity contribution in [2.75, 3.05) is 50.4 Å². The summed E-state index contributed by atoms with van der Waals surface area (Å²) in [6, 6.07) is 0. The highest BCUT2D eigenvalue weighted by atomic mass is 127. The fraction of sp³-hybridized carbons (Fsp3) is 1.00. The summed E-state index contributed by atoms with van der Waals surface area (Å²) < 4.78 is 6.46. The molecule has 0 aromatic rings. The second-order valence-corrected chi connectivity index (χ2v) is 3.97. The molecule has 0 atom stereocenters. The normalized spacial score (nSPS) is 19.8. The molecule has 0 amide bonds. The molecule has 72 valence electrons. The van der Waals surface area contributed by atoms with Crippen molar-refractivity contribution >= 4 is 22.6 Å². The lowest BCUT2D eigenvalue weighted by Gasteiger charge is -2.26. The zero-order valence-corrected chi connectivity index (χ0v) is 9.55. The van der Waals surface area contributed by atoms with Crippen LogP contribution in [0.2, 0.25) is 0 Å². The summed E-state index contributed by atoms with van der Waals surface area (Å²) in [6.45, 7) is 7.43. The first-order chi connectivity index (χ1) is 5.93. The van der Waals surface area contributed by atoms with Crippen molar-refractivity contribution in [2.24, 2.45) is 0 Å². The lowest BCUT2D eigenvalue weighted by Crippen LogP contribution is -2.40. The van der Waals surface area contributed by atoms with Crippen molar-refractivity contribution < 1.29 is 4.74 Å². The average molecular weight is 284 g/mol. The summed E-state index contributed by atoms with van der Waals surface area (Å²) in [5.74, 6) is 0. The van der Waals surface area contributed by atoms with Gasteiger partial charge in [0.05, 0.1) is 13.2 Å². The summed E-state index contributed by atoms with van der Waals surface area (Å²) in [7, 11) is 0. The van der Waals surface area contributed by atoms with Gasteiger partial charge in [-0.25, -0.2) is 0 Å². The number of nitrogens with one attached hydrogen (secondary N) is 1. The lowest BCUT2D eigenvalue weighted by molar-refractivity contribution is 0.0385. The quantitative estimate of drug-likeness (QED) is 0.448. The summed E-state index contributed by atoms with van der Waals surface area (Å²) in [4.78, 5) is 2.45. The monoisotopic (exact) mass is 284 g/mol. The molecule has 12 heavy (non-hydrogen) atoms. The van der Waals surface area contributed by atoms with Gasteiger partial charge >= 0.3 is 0 Å². The maximum atomic E-state index is 5.26. The molecule has 1 saturated heterocycles. The Labute approximate surface area is 88.0 Å². The summed E-state index contributed by atoms with van der Waals surface area (Å²) >= 11 is 2.39. The van der Waals surface area contributed by atoms with Crippen molar-refractivity contribution in [2.45, 2.75) is 0 Å². The first kappa shape index (κ1) is 10.7. The number of nitrogens with zero attached hydrogens (tertiary/aromatic N) is 1. The van der Waals surface area contributed by atoms with E-state index in [-0.39, 0.29) is 0 Å². The van der Waals surface area contributed by atoms with Crippen molar-refractivity contribution in [1.29, 1.82) is 0 Å². The SMILES string of the molecule is ICCNCCN1CCOCC1. The van der Waals surface area contributed by atoms with E-state index in [1.165, 1.54) is 11.0 Å². The zero-order chi connectivity index (χ0) is 8.65. The van der Waals surface area contributed by atoms with E-state index in [4.69, 9.17) is 4.74 Å². The van der Waals surface area contributed by atoms with E-state index in [0.717, 1.165) is 39.4 Å². The first-order valence-corrected chi connectivity index (χ1v) is 6.03. The maximum Gasteiger partial charge on any atom is 0.0594 e. The van der Waals surface area contributed by atoms with Crippen LogP contribution in [0.15, 0.2) is 0 Å². The molecule has 0 spiro atoms. The van der Waals surface area contributed by atoms with E-state index in [1.54, 1.807) is 0 Å². The highest BCUT2D eigenvalue weighted by molar-refractivity contribution is 14.1. The molecular formula is C8H17IN2O. The van der Waals surface area contributed by atoms with Crippen LogP contribution in [0, 0.1) is 0 Å². The van der Waals surface area contributed by atoms with Gasteiger partial charge < -0.3 is 10.1 Å². The Bertz CT molecular complexity index is 107. The minimum atomic E-state index is 0.909. The van der Waals surface area contributed by atoms with Crippen LogP contribution >= 0.6 is 22.6 Å². The molecule has 0 aromatic heterocycles. The zero-order valence-electron chi connectivity index (χ0n) is 7.39. The van der Waals surface area contributed by atoms with Crippen LogP contribution < -0.4 is 5.32 Å². The molecular weight excluding hydrogens is 267 g/mol. The van der Waals surface area contributed by atoms with Crippen LogP contribution in [0.1, 0.15) is 0 Å². The largest absolute Gasteiger partial charge is 0.379 e. The fourth-order valence-corrected chi connectivity index (χ4v) is 1.64. The highest BCUT2D eigenvalue weighted by Crippen LogP contribution is 1.94. The van der Waals surface area contributed by atoms with Gasteiger partial charge in [0, 0.05) is 37.2 Å². The van der Waals surface area contributed by atoms with Crippen molar-refractivity contribution in [3.05, 3.63) is 0 Å².